The molecule has 0 aliphatic heterocycles. The fraction of sp³-hybridized carbons (Fsp3) is 0.158. The number of nitrogens with one attached hydrogen (secondary N) is 1. The van der Waals surface area contributed by atoms with Crippen LogP contribution in [0.15, 0.2) is 47.0 Å². The van der Waals surface area contributed by atoms with Crippen LogP contribution in [0, 0.1) is 20.8 Å². The molecule has 0 saturated heterocycles. The van der Waals surface area contributed by atoms with Crippen molar-refractivity contribution in [1.29, 1.82) is 0 Å². The molecule has 4 nitrogen and oxygen atoms in total. The van der Waals surface area contributed by atoms with Crippen LogP contribution in [0.2, 0.25) is 0 Å². The topological polar surface area (TPSA) is 54.7 Å². The SMILES string of the molecule is Cc1cc2c(-c3ccccc3)nc(-c3c(C)noc3C)cc2[nH]1. The molecule has 1 N–H and O–H groups in total. The van der Waals surface area contributed by atoms with E-state index in [2.05, 4.69) is 41.3 Å². The predicted octanol–water partition coefficient (Wildman–Crippen LogP) is 4.81. The molecule has 3 aromatic heterocycles. The van der Waals surface area contributed by atoms with Crippen molar-refractivity contribution in [2.24, 2.45) is 0 Å². The lowest BCUT2D eigenvalue weighted by atomic mass is 10.0. The van der Waals surface area contributed by atoms with Crippen LogP contribution in [0.25, 0.3) is 33.4 Å². The Bertz CT molecular complexity index is 977. The van der Waals surface area contributed by atoms with Gasteiger partial charge in [0, 0.05) is 22.2 Å². The number of hydrogen-bond donors (Lipinski definition) is 1. The van der Waals surface area contributed by atoms with Gasteiger partial charge < -0.3 is 9.51 Å². The summed E-state index contributed by atoms with van der Waals surface area (Å²) in [6, 6.07) is 14.5. The van der Waals surface area contributed by atoms with Crippen molar-refractivity contribution in [3.63, 3.8) is 0 Å². The van der Waals surface area contributed by atoms with Gasteiger partial charge in [0.25, 0.3) is 0 Å². The van der Waals surface area contributed by atoms with E-state index in [0.717, 1.165) is 50.6 Å². The van der Waals surface area contributed by atoms with E-state index in [9.17, 15) is 0 Å². The number of pyridine rings is 1. The highest BCUT2D eigenvalue weighted by atomic mass is 16.5. The molecule has 1 aromatic carbocycles. The zero-order valence-electron chi connectivity index (χ0n) is 13.3. The van der Waals surface area contributed by atoms with Crippen LogP contribution >= 0.6 is 0 Å². The summed E-state index contributed by atoms with van der Waals surface area (Å²) < 4.78 is 5.31. The summed E-state index contributed by atoms with van der Waals surface area (Å²) in [5, 5.41) is 5.18. The number of aryl methyl sites for hydroxylation is 3. The maximum absolute atomic E-state index is 5.31. The third-order valence-electron chi connectivity index (χ3n) is 4.09. The third kappa shape index (κ3) is 2.23. The lowest BCUT2D eigenvalue weighted by Crippen LogP contribution is -1.91. The van der Waals surface area contributed by atoms with E-state index in [-0.39, 0.29) is 0 Å². The number of rotatable bonds is 2. The van der Waals surface area contributed by atoms with Crippen molar-refractivity contribution in [1.82, 2.24) is 15.1 Å². The fourth-order valence-electron chi connectivity index (χ4n) is 3.06. The van der Waals surface area contributed by atoms with Gasteiger partial charge >= 0.3 is 0 Å². The Hall–Kier alpha value is -2.88. The summed E-state index contributed by atoms with van der Waals surface area (Å²) in [6.45, 7) is 5.92. The smallest absolute Gasteiger partial charge is 0.143 e. The van der Waals surface area contributed by atoms with Crippen LogP contribution in [0.4, 0.5) is 0 Å². The first-order valence-electron chi connectivity index (χ1n) is 7.62. The molecule has 23 heavy (non-hydrogen) atoms. The minimum Gasteiger partial charge on any atom is -0.361 e. The van der Waals surface area contributed by atoms with Crippen LogP contribution < -0.4 is 0 Å². The lowest BCUT2D eigenvalue weighted by Gasteiger charge is -2.07. The van der Waals surface area contributed by atoms with E-state index in [4.69, 9.17) is 9.51 Å². The number of benzene rings is 1. The Balaban J connectivity index is 2.05. The van der Waals surface area contributed by atoms with Crippen LogP contribution in [0.3, 0.4) is 0 Å². The number of H-pyrrole nitrogens is 1. The second-order valence-corrected chi connectivity index (χ2v) is 5.83. The van der Waals surface area contributed by atoms with Gasteiger partial charge in [-0.2, -0.15) is 0 Å². The van der Waals surface area contributed by atoms with Gasteiger partial charge in [0.1, 0.15) is 5.76 Å². The highest BCUT2D eigenvalue weighted by molar-refractivity contribution is 5.96. The van der Waals surface area contributed by atoms with E-state index in [0.29, 0.717) is 0 Å². The molecule has 0 radical (unpaired) electrons. The molecule has 0 bridgehead atoms. The molecule has 0 aliphatic carbocycles. The minimum atomic E-state index is 0.789. The van der Waals surface area contributed by atoms with Crippen molar-refractivity contribution in [2.45, 2.75) is 20.8 Å². The Morgan fingerprint density at radius 2 is 1.78 bits per heavy atom. The predicted molar refractivity (Wildman–Crippen MR) is 91.2 cm³/mol. The minimum absolute atomic E-state index is 0.789. The molecule has 0 unspecified atom stereocenters. The van der Waals surface area contributed by atoms with Crippen molar-refractivity contribution in [2.75, 3.05) is 0 Å². The van der Waals surface area contributed by atoms with Gasteiger partial charge in [-0.1, -0.05) is 35.5 Å². The van der Waals surface area contributed by atoms with Crippen LogP contribution in [-0.4, -0.2) is 15.1 Å². The number of aromatic nitrogens is 3. The van der Waals surface area contributed by atoms with E-state index in [1.165, 1.54) is 0 Å². The number of fused-ring (bicyclic) bond motifs is 1. The first-order chi connectivity index (χ1) is 11.1. The Morgan fingerprint density at radius 3 is 2.48 bits per heavy atom. The van der Waals surface area contributed by atoms with Gasteiger partial charge in [0.15, 0.2) is 0 Å². The summed E-state index contributed by atoms with van der Waals surface area (Å²) in [7, 11) is 0. The van der Waals surface area contributed by atoms with Crippen molar-refractivity contribution >= 4 is 10.9 Å². The second-order valence-electron chi connectivity index (χ2n) is 5.83. The fourth-order valence-corrected chi connectivity index (χ4v) is 3.06. The maximum atomic E-state index is 5.31. The maximum Gasteiger partial charge on any atom is 0.143 e. The van der Waals surface area contributed by atoms with Gasteiger partial charge in [-0.3, -0.25) is 0 Å². The molecule has 4 heteroatoms. The molecular weight excluding hydrogens is 286 g/mol. The van der Waals surface area contributed by atoms with Crippen LogP contribution in [-0.2, 0) is 0 Å². The zero-order valence-corrected chi connectivity index (χ0v) is 13.3. The van der Waals surface area contributed by atoms with E-state index in [1.54, 1.807) is 0 Å². The second kappa shape index (κ2) is 5.09. The molecule has 0 aliphatic rings. The Morgan fingerprint density at radius 1 is 1.00 bits per heavy atom. The number of nitrogens with zero attached hydrogens (tertiary/aromatic N) is 2. The quantitative estimate of drug-likeness (QED) is 0.578. The van der Waals surface area contributed by atoms with Gasteiger partial charge in [0.05, 0.1) is 22.6 Å². The van der Waals surface area contributed by atoms with Gasteiger partial charge in [-0.05, 0) is 32.9 Å². The first kappa shape index (κ1) is 13.8. The third-order valence-corrected chi connectivity index (χ3v) is 4.09. The highest BCUT2D eigenvalue weighted by Crippen LogP contribution is 2.33. The van der Waals surface area contributed by atoms with Gasteiger partial charge in [0.2, 0.25) is 0 Å². The normalized spacial score (nSPS) is 11.3. The van der Waals surface area contributed by atoms with Gasteiger partial charge in [-0.15, -0.1) is 0 Å². The summed E-state index contributed by atoms with van der Waals surface area (Å²) in [6.07, 6.45) is 0. The molecule has 0 saturated carbocycles. The summed E-state index contributed by atoms with van der Waals surface area (Å²) in [5.74, 6) is 0.789. The van der Waals surface area contributed by atoms with Crippen molar-refractivity contribution in [3.05, 3.63) is 59.6 Å². The van der Waals surface area contributed by atoms with Crippen LogP contribution in [0.1, 0.15) is 17.1 Å². The molecule has 0 fully saturated rings. The van der Waals surface area contributed by atoms with E-state index < -0.39 is 0 Å². The molecule has 114 valence electrons. The zero-order chi connectivity index (χ0) is 16.0. The molecular formula is C19H17N3O. The van der Waals surface area contributed by atoms with E-state index >= 15 is 0 Å². The summed E-state index contributed by atoms with van der Waals surface area (Å²) in [5.41, 5.74) is 6.98. The monoisotopic (exact) mass is 303 g/mol. The molecule has 0 spiro atoms. The molecule has 0 amide bonds. The van der Waals surface area contributed by atoms with Gasteiger partial charge in [-0.25, -0.2) is 4.98 Å². The van der Waals surface area contributed by atoms with Crippen LogP contribution in [0.5, 0.6) is 0 Å². The number of hydrogen-bond acceptors (Lipinski definition) is 3. The summed E-state index contributed by atoms with van der Waals surface area (Å²) >= 11 is 0. The van der Waals surface area contributed by atoms with Crippen molar-refractivity contribution in [3.8, 4) is 22.5 Å². The molecule has 4 rings (SSSR count). The Labute approximate surface area is 134 Å². The number of aromatic amines is 1. The molecule has 0 atom stereocenters. The largest absolute Gasteiger partial charge is 0.361 e. The molecule has 3 heterocycles. The highest BCUT2D eigenvalue weighted by Gasteiger charge is 2.17. The molecule has 4 aromatic rings. The van der Waals surface area contributed by atoms with E-state index in [1.807, 2.05) is 32.0 Å². The lowest BCUT2D eigenvalue weighted by molar-refractivity contribution is 0.393. The van der Waals surface area contributed by atoms with Crippen molar-refractivity contribution < 1.29 is 4.52 Å². The first-order valence-corrected chi connectivity index (χ1v) is 7.62. The summed E-state index contributed by atoms with van der Waals surface area (Å²) in [4.78, 5) is 8.35. The average Bonchev–Trinajstić information content (AvgIpc) is 3.08. The Kier molecular flexibility index (Phi) is 3.05. The average molecular weight is 303 g/mol. The standard InChI is InChI=1S/C19H17N3O/c1-11-9-15-16(20-11)10-17(18-12(2)22-23-13(18)3)21-19(15)14-7-5-4-6-8-14/h4-10,20H,1-3H3.